The van der Waals surface area contributed by atoms with Crippen LogP contribution < -0.4 is 23.5 Å². The number of thioether (sulfide) groups is 2. The maximum Gasteiger partial charge on any atom is 0.352 e. The first-order valence-electron chi connectivity index (χ1n) is 12.2. The Hall–Kier alpha value is -2.21. The number of β-lactam (4-membered cyclic amide) rings is 1. The van der Waals surface area contributed by atoms with Crippen molar-refractivity contribution < 1.29 is 36.4 Å². The van der Waals surface area contributed by atoms with Crippen LogP contribution in [-0.4, -0.2) is 88.9 Å². The molecule has 0 aromatic heterocycles. The van der Waals surface area contributed by atoms with Crippen LogP contribution >= 0.6 is 35.9 Å². The molecule has 8 nitrogen and oxygen atoms in total. The molecular weight excluding hydrogens is 579 g/mol. The van der Waals surface area contributed by atoms with Crippen LogP contribution in [0.1, 0.15) is 6.42 Å². The number of carboxylic acid groups (broad SMARTS) is 1. The van der Waals surface area contributed by atoms with Crippen LogP contribution in [-0.2, 0) is 14.4 Å². The molecule has 2 aliphatic rings. The molecule has 1 saturated heterocycles. The standard InChI is InChI=1S/C27H32N4O4S2.2ClH/c1-31(2,14-6-12-28)13-5-9-20-16-37-26-23(25(33)30(26)24(20)27(34)35)29-22(32)17-36-21-11-10-18-7-3-4-8-19(18)15-21;;/h3-5,7-11,15,23,26H,6,12-14,16-17,28H2,1-2H3,(H-,29,32,34,35);2*1H/t23-,26-;;/m1../s1. The number of aliphatic carboxylic acids is 1. The van der Waals surface area contributed by atoms with Crippen molar-refractivity contribution in [2.75, 3.05) is 45.2 Å². The second-order valence-electron chi connectivity index (χ2n) is 9.82. The summed E-state index contributed by atoms with van der Waals surface area (Å²) in [5, 5.41) is 14.5. The number of quaternary nitrogens is 1. The molecule has 2 aromatic rings. The van der Waals surface area contributed by atoms with Gasteiger partial charge in [0.1, 0.15) is 17.1 Å². The van der Waals surface area contributed by atoms with Gasteiger partial charge in [-0.25, -0.2) is 4.79 Å². The summed E-state index contributed by atoms with van der Waals surface area (Å²) in [5.41, 5.74) is 6.23. The number of nitrogens with two attached hydrogens (primary N) is 1. The highest BCUT2D eigenvalue weighted by Crippen LogP contribution is 2.40. The van der Waals surface area contributed by atoms with E-state index in [1.165, 1.54) is 28.4 Å². The summed E-state index contributed by atoms with van der Waals surface area (Å²) in [5.74, 6) is -1.13. The van der Waals surface area contributed by atoms with Crippen LogP contribution in [0.25, 0.3) is 10.8 Å². The lowest BCUT2D eigenvalue weighted by Gasteiger charge is -2.49. The van der Waals surface area contributed by atoms with E-state index in [2.05, 4.69) is 19.4 Å². The summed E-state index contributed by atoms with van der Waals surface area (Å²) in [6, 6.07) is 13.3. The third kappa shape index (κ3) is 7.93. The highest BCUT2D eigenvalue weighted by Gasteiger charge is 2.53. The average Bonchev–Trinajstić information content (AvgIpc) is 2.88. The minimum Gasteiger partial charge on any atom is -1.00 e. The Bertz CT molecular complexity index is 1270. The van der Waals surface area contributed by atoms with Gasteiger partial charge < -0.3 is 33.0 Å². The predicted molar refractivity (Wildman–Crippen MR) is 156 cm³/mol. The van der Waals surface area contributed by atoms with Gasteiger partial charge in [0.15, 0.2) is 0 Å². The molecule has 212 valence electrons. The predicted octanol–water partition coefficient (Wildman–Crippen LogP) is 0.0777. The normalized spacial score (nSPS) is 18.7. The van der Waals surface area contributed by atoms with E-state index in [1.54, 1.807) is 0 Å². The van der Waals surface area contributed by atoms with E-state index >= 15 is 0 Å². The Morgan fingerprint density at radius 1 is 1.23 bits per heavy atom. The van der Waals surface area contributed by atoms with E-state index in [4.69, 9.17) is 5.73 Å². The molecule has 0 saturated carbocycles. The lowest BCUT2D eigenvalue weighted by molar-refractivity contribution is -0.884. The number of carbonyl (C=O) groups is 3. The van der Waals surface area contributed by atoms with Gasteiger partial charge in [-0.1, -0.05) is 36.4 Å². The number of carbonyl (C=O) groups excluding carboxylic acids is 2. The van der Waals surface area contributed by atoms with Gasteiger partial charge in [-0.15, -0.1) is 35.9 Å². The molecule has 0 unspecified atom stereocenters. The van der Waals surface area contributed by atoms with Gasteiger partial charge in [-0.3, -0.25) is 14.5 Å². The summed E-state index contributed by atoms with van der Waals surface area (Å²) >= 11 is 2.88. The second-order valence-corrected chi connectivity index (χ2v) is 12.0. The largest absolute Gasteiger partial charge is 1.00 e. The second kappa shape index (κ2) is 14.4. The molecule has 4 rings (SSSR count). The first-order valence-corrected chi connectivity index (χ1v) is 14.2. The quantitative estimate of drug-likeness (QED) is 0.187. The number of hydrogen-bond donors (Lipinski definition) is 3. The van der Waals surface area contributed by atoms with Crippen molar-refractivity contribution in [1.29, 1.82) is 0 Å². The zero-order chi connectivity index (χ0) is 26.6. The fraction of sp³-hybridized carbons (Fsp3) is 0.370. The van der Waals surface area contributed by atoms with Crippen molar-refractivity contribution in [2.45, 2.75) is 22.7 Å². The maximum absolute atomic E-state index is 12.9. The van der Waals surface area contributed by atoms with Crippen LogP contribution in [0.2, 0.25) is 0 Å². The molecule has 0 spiro atoms. The number of amides is 2. The van der Waals surface area contributed by atoms with Crippen molar-refractivity contribution >= 4 is 64.5 Å². The van der Waals surface area contributed by atoms with Crippen molar-refractivity contribution in [3.63, 3.8) is 0 Å². The van der Waals surface area contributed by atoms with E-state index < -0.39 is 17.4 Å². The van der Waals surface area contributed by atoms with Gasteiger partial charge in [0.05, 0.1) is 32.9 Å². The number of benzene rings is 2. The highest BCUT2D eigenvalue weighted by molar-refractivity contribution is 8.00. The summed E-state index contributed by atoms with van der Waals surface area (Å²) in [6.45, 7) is 2.29. The van der Waals surface area contributed by atoms with Crippen LogP contribution in [0.5, 0.6) is 0 Å². The van der Waals surface area contributed by atoms with Crippen LogP contribution in [0.4, 0.5) is 0 Å². The Morgan fingerprint density at radius 2 is 1.95 bits per heavy atom. The van der Waals surface area contributed by atoms with Crippen molar-refractivity contribution in [2.24, 2.45) is 5.73 Å². The van der Waals surface area contributed by atoms with E-state index in [9.17, 15) is 19.5 Å². The fourth-order valence-corrected chi connectivity index (χ4v) is 6.56. The zero-order valence-corrected chi connectivity index (χ0v) is 25.0. The minimum atomic E-state index is -1.13. The lowest BCUT2D eigenvalue weighted by Crippen LogP contribution is -3.00. The number of nitrogens with one attached hydrogen (secondary N) is 1. The Kier molecular flexibility index (Phi) is 12.2. The van der Waals surface area contributed by atoms with Crippen LogP contribution in [0.3, 0.4) is 0 Å². The lowest BCUT2D eigenvalue weighted by atomic mass is 10.0. The third-order valence-electron chi connectivity index (χ3n) is 6.49. The van der Waals surface area contributed by atoms with E-state index in [-0.39, 0.29) is 48.1 Å². The van der Waals surface area contributed by atoms with E-state index in [0.717, 1.165) is 39.7 Å². The summed E-state index contributed by atoms with van der Waals surface area (Å²) in [7, 11) is 4.20. The maximum atomic E-state index is 12.9. The summed E-state index contributed by atoms with van der Waals surface area (Å²) in [4.78, 5) is 39.9. The van der Waals surface area contributed by atoms with Crippen LogP contribution in [0.15, 0.2) is 70.8 Å². The van der Waals surface area contributed by atoms with Crippen molar-refractivity contribution in [1.82, 2.24) is 10.2 Å². The van der Waals surface area contributed by atoms with E-state index in [1.807, 2.05) is 54.6 Å². The SMILES string of the molecule is C[N+](C)(CC=CC1=C(C(=O)O)N2C(=O)[C@@H](NC(=O)CSc3ccc4ccccc4c3)[C@H]2SC1)CCCN.Cl.[Cl-]. The molecule has 2 amide bonds. The molecule has 4 N–H and O–H groups in total. The first kappa shape index (κ1) is 33.0. The number of carboxylic acids is 1. The molecule has 0 aliphatic carbocycles. The van der Waals surface area contributed by atoms with Crippen molar-refractivity contribution in [3.05, 3.63) is 65.9 Å². The van der Waals surface area contributed by atoms with Crippen molar-refractivity contribution in [3.8, 4) is 0 Å². The summed E-state index contributed by atoms with van der Waals surface area (Å²) < 4.78 is 0.743. The Labute approximate surface area is 249 Å². The van der Waals surface area contributed by atoms with Gasteiger partial charge in [-0.2, -0.15) is 0 Å². The Balaban J connectivity index is 0.00000267. The molecule has 1 fully saturated rings. The van der Waals surface area contributed by atoms with Gasteiger partial charge in [0.2, 0.25) is 5.91 Å². The number of likely N-dealkylation sites (N-methyl/N-ethyl adjacent to an activating group) is 1. The monoisotopic (exact) mass is 612 g/mol. The molecular formula is C27H34Cl2N4O4S2. The Morgan fingerprint density at radius 3 is 2.64 bits per heavy atom. The molecule has 2 atom stereocenters. The number of allylic oxidation sites excluding steroid dienone is 1. The number of nitrogens with zero attached hydrogens (tertiary/aromatic N) is 2. The molecule has 39 heavy (non-hydrogen) atoms. The molecule has 0 radical (unpaired) electrons. The minimum absolute atomic E-state index is 0. The molecule has 0 bridgehead atoms. The number of halogens is 2. The van der Waals surface area contributed by atoms with E-state index in [0.29, 0.717) is 17.9 Å². The van der Waals surface area contributed by atoms with Gasteiger partial charge in [-0.05, 0) is 41.1 Å². The zero-order valence-electron chi connectivity index (χ0n) is 21.8. The van der Waals surface area contributed by atoms with Gasteiger partial charge in [0, 0.05) is 17.1 Å². The number of rotatable bonds is 11. The smallest absolute Gasteiger partial charge is 0.352 e. The fourth-order valence-electron chi connectivity index (χ4n) is 4.48. The molecule has 2 aromatic carbocycles. The molecule has 2 aliphatic heterocycles. The summed E-state index contributed by atoms with van der Waals surface area (Å²) in [6.07, 6.45) is 4.69. The first-order chi connectivity index (χ1) is 17.7. The van der Waals surface area contributed by atoms with Gasteiger partial charge in [0.25, 0.3) is 5.91 Å². The molecule has 12 heteroatoms. The average molecular weight is 614 g/mol. The highest BCUT2D eigenvalue weighted by atomic mass is 35.5. The number of fused-ring (bicyclic) bond motifs is 2. The van der Waals surface area contributed by atoms with Gasteiger partial charge >= 0.3 is 5.97 Å². The molecule has 2 heterocycles. The van der Waals surface area contributed by atoms with Crippen LogP contribution in [0, 0.1) is 0 Å². The topological polar surface area (TPSA) is 113 Å². The number of hydrogen-bond acceptors (Lipinski definition) is 6. The third-order valence-corrected chi connectivity index (χ3v) is 8.79.